The molecule has 14 heavy (non-hydrogen) atoms. The van der Waals surface area contributed by atoms with Gasteiger partial charge in [0.15, 0.2) is 0 Å². The number of alkyl halides is 1. The maximum absolute atomic E-state index is 11.5. The van der Waals surface area contributed by atoms with Crippen LogP contribution >= 0.6 is 11.6 Å². The minimum absolute atomic E-state index is 0.246. The summed E-state index contributed by atoms with van der Waals surface area (Å²) >= 11 is 5.54. The minimum atomic E-state index is -0.318. The molecule has 0 amide bonds. The second-order valence-corrected chi connectivity index (χ2v) is 3.55. The third-order valence-electron chi connectivity index (χ3n) is 1.78. The van der Waals surface area contributed by atoms with Crippen molar-refractivity contribution in [2.75, 3.05) is 5.88 Å². The van der Waals surface area contributed by atoms with Gasteiger partial charge in [-0.25, -0.2) is 4.79 Å². The Morgan fingerprint density at radius 1 is 1.57 bits per heavy atom. The molecule has 0 radical (unpaired) electrons. The molecule has 0 aliphatic heterocycles. The Kier molecular flexibility index (Phi) is 3.96. The van der Waals surface area contributed by atoms with Crippen molar-refractivity contribution < 1.29 is 9.53 Å². The van der Waals surface area contributed by atoms with E-state index < -0.39 is 0 Å². The molecule has 1 aromatic carbocycles. The number of esters is 1. The summed E-state index contributed by atoms with van der Waals surface area (Å²) in [5.74, 6) is -0.000712. The van der Waals surface area contributed by atoms with Crippen molar-refractivity contribution in [1.82, 2.24) is 0 Å². The highest BCUT2D eigenvalue weighted by atomic mass is 35.5. The van der Waals surface area contributed by atoms with Gasteiger partial charge in [-0.1, -0.05) is 17.7 Å². The average molecular weight is 213 g/mol. The van der Waals surface area contributed by atoms with Crippen LogP contribution in [-0.2, 0) is 4.74 Å². The Labute approximate surface area is 88.8 Å². The van der Waals surface area contributed by atoms with Crippen LogP contribution in [0.15, 0.2) is 24.3 Å². The molecule has 0 saturated carbocycles. The Hall–Kier alpha value is -1.02. The van der Waals surface area contributed by atoms with Crippen molar-refractivity contribution in [2.24, 2.45) is 0 Å². The quantitative estimate of drug-likeness (QED) is 0.569. The summed E-state index contributed by atoms with van der Waals surface area (Å²) < 4.78 is 5.07. The molecule has 0 aliphatic rings. The number of carbonyl (C=O) groups is 1. The lowest BCUT2D eigenvalue weighted by molar-refractivity contribution is 0.0383. The van der Waals surface area contributed by atoms with E-state index >= 15 is 0 Å². The topological polar surface area (TPSA) is 26.3 Å². The zero-order valence-electron chi connectivity index (χ0n) is 8.29. The second kappa shape index (κ2) is 5.01. The van der Waals surface area contributed by atoms with Gasteiger partial charge in [0.05, 0.1) is 11.4 Å². The fourth-order valence-electron chi connectivity index (χ4n) is 1.05. The first-order valence-electron chi connectivity index (χ1n) is 4.47. The molecule has 0 aliphatic carbocycles. The van der Waals surface area contributed by atoms with Crippen LogP contribution in [0.2, 0.25) is 0 Å². The van der Waals surface area contributed by atoms with E-state index in [0.717, 1.165) is 5.56 Å². The van der Waals surface area contributed by atoms with E-state index in [1.807, 2.05) is 19.1 Å². The summed E-state index contributed by atoms with van der Waals surface area (Å²) in [6.45, 7) is 3.70. The number of ether oxygens (including phenoxy) is 1. The number of rotatable bonds is 3. The number of benzene rings is 1. The molecule has 0 bridgehead atoms. The average Bonchev–Trinajstić information content (AvgIpc) is 2.17. The summed E-state index contributed by atoms with van der Waals surface area (Å²) in [6, 6.07) is 7.29. The van der Waals surface area contributed by atoms with E-state index in [-0.39, 0.29) is 12.1 Å². The van der Waals surface area contributed by atoms with E-state index in [1.165, 1.54) is 0 Å². The van der Waals surface area contributed by atoms with Gasteiger partial charge in [0.2, 0.25) is 0 Å². The molecule has 0 spiro atoms. The van der Waals surface area contributed by atoms with E-state index in [1.54, 1.807) is 19.1 Å². The first-order chi connectivity index (χ1) is 6.63. The summed E-state index contributed by atoms with van der Waals surface area (Å²) in [4.78, 5) is 11.5. The van der Waals surface area contributed by atoms with Crippen LogP contribution in [0.3, 0.4) is 0 Å². The molecular weight excluding hydrogens is 200 g/mol. The normalized spacial score (nSPS) is 12.2. The highest BCUT2D eigenvalue weighted by Crippen LogP contribution is 2.07. The third kappa shape index (κ3) is 3.04. The van der Waals surface area contributed by atoms with Gasteiger partial charge in [-0.05, 0) is 26.0 Å². The Balaban J connectivity index is 2.70. The molecule has 76 valence electrons. The van der Waals surface area contributed by atoms with Crippen molar-refractivity contribution in [2.45, 2.75) is 20.0 Å². The number of hydrogen-bond donors (Lipinski definition) is 0. The van der Waals surface area contributed by atoms with Crippen LogP contribution in [0.5, 0.6) is 0 Å². The number of aryl methyl sites for hydroxylation is 1. The highest BCUT2D eigenvalue weighted by Gasteiger charge is 2.10. The molecule has 1 atom stereocenters. The standard InChI is InChI=1S/C11H13ClO2/c1-8-4-3-5-10(6-8)11(13)14-9(2)7-12/h3-6,9H,7H2,1-2H3. The maximum Gasteiger partial charge on any atom is 0.338 e. The van der Waals surface area contributed by atoms with Gasteiger partial charge in [0.1, 0.15) is 6.10 Å². The molecule has 0 saturated heterocycles. The third-order valence-corrected chi connectivity index (χ3v) is 2.21. The molecule has 1 rings (SSSR count). The Bertz CT molecular complexity index is 323. The van der Waals surface area contributed by atoms with Gasteiger partial charge < -0.3 is 4.74 Å². The number of hydrogen-bond acceptors (Lipinski definition) is 2. The van der Waals surface area contributed by atoms with Crippen molar-refractivity contribution >= 4 is 17.6 Å². The van der Waals surface area contributed by atoms with Crippen LogP contribution in [0, 0.1) is 6.92 Å². The first kappa shape index (κ1) is 11.1. The molecule has 0 heterocycles. The number of carbonyl (C=O) groups excluding carboxylic acids is 1. The molecule has 0 aromatic heterocycles. The van der Waals surface area contributed by atoms with Gasteiger partial charge >= 0.3 is 5.97 Å². The van der Waals surface area contributed by atoms with Crippen LogP contribution in [0.25, 0.3) is 0 Å². The van der Waals surface area contributed by atoms with E-state index in [0.29, 0.717) is 11.4 Å². The van der Waals surface area contributed by atoms with Crippen LogP contribution in [-0.4, -0.2) is 18.0 Å². The van der Waals surface area contributed by atoms with E-state index in [4.69, 9.17) is 16.3 Å². The van der Waals surface area contributed by atoms with Crippen molar-refractivity contribution in [3.05, 3.63) is 35.4 Å². The maximum atomic E-state index is 11.5. The fraction of sp³-hybridized carbons (Fsp3) is 0.364. The summed E-state index contributed by atoms with van der Waals surface area (Å²) in [6.07, 6.45) is -0.246. The second-order valence-electron chi connectivity index (χ2n) is 3.24. The summed E-state index contributed by atoms with van der Waals surface area (Å²) in [5.41, 5.74) is 1.61. The lowest BCUT2D eigenvalue weighted by atomic mass is 10.1. The molecule has 2 nitrogen and oxygen atoms in total. The molecule has 1 aromatic rings. The van der Waals surface area contributed by atoms with E-state index in [9.17, 15) is 4.79 Å². The lowest BCUT2D eigenvalue weighted by Crippen LogP contribution is -2.16. The lowest BCUT2D eigenvalue weighted by Gasteiger charge is -2.09. The van der Waals surface area contributed by atoms with Gasteiger partial charge in [0, 0.05) is 0 Å². The predicted molar refractivity (Wildman–Crippen MR) is 56.8 cm³/mol. The SMILES string of the molecule is Cc1cccc(C(=O)OC(C)CCl)c1. The Morgan fingerprint density at radius 2 is 2.29 bits per heavy atom. The van der Waals surface area contributed by atoms with Crippen LogP contribution < -0.4 is 0 Å². The first-order valence-corrected chi connectivity index (χ1v) is 5.00. The zero-order chi connectivity index (χ0) is 10.6. The number of halogens is 1. The molecule has 3 heteroatoms. The summed E-state index contributed by atoms with van der Waals surface area (Å²) in [5, 5.41) is 0. The van der Waals surface area contributed by atoms with Crippen molar-refractivity contribution in [1.29, 1.82) is 0 Å². The molecular formula is C11H13ClO2. The highest BCUT2D eigenvalue weighted by molar-refractivity contribution is 6.18. The van der Waals surface area contributed by atoms with Gasteiger partial charge in [0.25, 0.3) is 0 Å². The van der Waals surface area contributed by atoms with Crippen LogP contribution in [0.4, 0.5) is 0 Å². The van der Waals surface area contributed by atoms with Crippen molar-refractivity contribution in [3.8, 4) is 0 Å². The van der Waals surface area contributed by atoms with Gasteiger partial charge in [-0.2, -0.15) is 0 Å². The van der Waals surface area contributed by atoms with E-state index in [2.05, 4.69) is 0 Å². The summed E-state index contributed by atoms with van der Waals surface area (Å²) in [7, 11) is 0. The smallest absolute Gasteiger partial charge is 0.338 e. The molecule has 0 fully saturated rings. The van der Waals surface area contributed by atoms with Gasteiger partial charge in [-0.15, -0.1) is 11.6 Å². The van der Waals surface area contributed by atoms with Gasteiger partial charge in [-0.3, -0.25) is 0 Å². The largest absolute Gasteiger partial charge is 0.458 e. The Morgan fingerprint density at radius 3 is 2.86 bits per heavy atom. The fourth-order valence-corrected chi connectivity index (χ4v) is 1.12. The molecule has 0 N–H and O–H groups in total. The zero-order valence-corrected chi connectivity index (χ0v) is 9.04. The minimum Gasteiger partial charge on any atom is -0.458 e. The van der Waals surface area contributed by atoms with Crippen LogP contribution in [0.1, 0.15) is 22.8 Å². The monoisotopic (exact) mass is 212 g/mol. The predicted octanol–water partition coefficient (Wildman–Crippen LogP) is 2.78. The molecule has 1 unspecified atom stereocenters. The van der Waals surface area contributed by atoms with Crippen molar-refractivity contribution in [3.63, 3.8) is 0 Å².